The first-order valence-electron chi connectivity index (χ1n) is 7.22. The van der Waals surface area contributed by atoms with Crippen LogP contribution in [0.2, 0.25) is 0 Å². The molecule has 0 radical (unpaired) electrons. The summed E-state index contributed by atoms with van der Waals surface area (Å²) in [6, 6.07) is 6.36. The van der Waals surface area contributed by atoms with Gasteiger partial charge in [0.25, 0.3) is 0 Å². The number of hydrogen-bond acceptors (Lipinski definition) is 3. The van der Waals surface area contributed by atoms with E-state index in [4.69, 9.17) is 9.47 Å². The number of aryl methyl sites for hydroxylation is 1. The number of carbonyl (C=O) groups excluding carboxylic acids is 1. The van der Waals surface area contributed by atoms with Crippen LogP contribution >= 0.6 is 0 Å². The van der Waals surface area contributed by atoms with E-state index < -0.39 is 0 Å². The molecule has 4 heteroatoms. The van der Waals surface area contributed by atoms with Crippen LogP contribution in [0.4, 0.5) is 4.39 Å². The standard InChI is InChI=1S/C16H19FO3/c17-14-3-1-2-12(10-14)4-5-15(18)20-16(7-8-16)13-6-9-19-11-13/h1-3,10,13H,4-9,11H2. The number of carbonyl (C=O) groups is 1. The van der Waals surface area contributed by atoms with E-state index in [1.165, 1.54) is 12.1 Å². The Morgan fingerprint density at radius 3 is 2.95 bits per heavy atom. The van der Waals surface area contributed by atoms with E-state index in [1.807, 2.05) is 6.07 Å². The summed E-state index contributed by atoms with van der Waals surface area (Å²) in [7, 11) is 0. The van der Waals surface area contributed by atoms with Crippen LogP contribution in [0.15, 0.2) is 24.3 Å². The summed E-state index contributed by atoms with van der Waals surface area (Å²) < 4.78 is 24.1. The molecule has 1 aliphatic heterocycles. The van der Waals surface area contributed by atoms with Crippen LogP contribution in [0.3, 0.4) is 0 Å². The lowest BCUT2D eigenvalue weighted by molar-refractivity contribution is -0.154. The predicted molar refractivity (Wildman–Crippen MR) is 71.7 cm³/mol. The van der Waals surface area contributed by atoms with Gasteiger partial charge in [-0.2, -0.15) is 0 Å². The van der Waals surface area contributed by atoms with Gasteiger partial charge in [-0.05, 0) is 43.4 Å². The third-order valence-corrected chi connectivity index (χ3v) is 4.24. The lowest BCUT2D eigenvalue weighted by Crippen LogP contribution is -2.29. The van der Waals surface area contributed by atoms with Crippen molar-refractivity contribution in [2.45, 2.75) is 37.7 Å². The summed E-state index contributed by atoms with van der Waals surface area (Å²) in [6.45, 7) is 1.48. The van der Waals surface area contributed by atoms with Gasteiger partial charge in [-0.25, -0.2) is 4.39 Å². The Hall–Kier alpha value is -1.42. The van der Waals surface area contributed by atoms with E-state index in [-0.39, 0.29) is 17.4 Å². The largest absolute Gasteiger partial charge is 0.459 e. The fourth-order valence-electron chi connectivity index (χ4n) is 2.88. The van der Waals surface area contributed by atoms with Crippen molar-refractivity contribution >= 4 is 5.97 Å². The Balaban J connectivity index is 1.50. The first-order valence-corrected chi connectivity index (χ1v) is 7.22. The van der Waals surface area contributed by atoms with Crippen LogP contribution in [0.1, 0.15) is 31.2 Å². The summed E-state index contributed by atoms with van der Waals surface area (Å²) in [5.74, 6) is -0.0862. The molecule has 0 N–H and O–H groups in total. The van der Waals surface area contributed by atoms with Crippen molar-refractivity contribution in [2.24, 2.45) is 5.92 Å². The number of benzene rings is 1. The monoisotopic (exact) mass is 278 g/mol. The summed E-state index contributed by atoms with van der Waals surface area (Å²) in [5.41, 5.74) is 0.575. The van der Waals surface area contributed by atoms with Gasteiger partial charge in [0.05, 0.1) is 6.61 Å². The molecular weight excluding hydrogens is 259 g/mol. The molecule has 1 aliphatic carbocycles. The van der Waals surface area contributed by atoms with Gasteiger partial charge < -0.3 is 9.47 Å². The van der Waals surface area contributed by atoms with Gasteiger partial charge in [-0.15, -0.1) is 0 Å². The second-order valence-electron chi connectivity index (χ2n) is 5.73. The highest BCUT2D eigenvalue weighted by Gasteiger charge is 2.53. The van der Waals surface area contributed by atoms with E-state index in [9.17, 15) is 9.18 Å². The number of hydrogen-bond donors (Lipinski definition) is 0. The molecular formula is C16H19FO3. The minimum Gasteiger partial charge on any atom is -0.459 e. The quantitative estimate of drug-likeness (QED) is 0.777. The van der Waals surface area contributed by atoms with Crippen molar-refractivity contribution < 1.29 is 18.7 Å². The van der Waals surface area contributed by atoms with Crippen molar-refractivity contribution in [3.8, 4) is 0 Å². The molecule has 3 rings (SSSR count). The zero-order valence-electron chi connectivity index (χ0n) is 11.4. The summed E-state index contributed by atoms with van der Waals surface area (Å²) in [5, 5.41) is 0. The minimum atomic E-state index is -0.266. The highest BCUT2D eigenvalue weighted by atomic mass is 19.1. The van der Waals surface area contributed by atoms with Gasteiger partial charge in [0, 0.05) is 18.9 Å². The van der Waals surface area contributed by atoms with Crippen molar-refractivity contribution in [3.63, 3.8) is 0 Å². The van der Waals surface area contributed by atoms with E-state index >= 15 is 0 Å². The molecule has 1 heterocycles. The Morgan fingerprint density at radius 2 is 2.30 bits per heavy atom. The van der Waals surface area contributed by atoms with Crippen molar-refractivity contribution in [1.29, 1.82) is 0 Å². The first kappa shape index (κ1) is 13.6. The SMILES string of the molecule is O=C(CCc1cccc(F)c1)OC1(C2CCOC2)CC1. The molecule has 0 bridgehead atoms. The maximum atomic E-state index is 13.0. The average Bonchev–Trinajstić information content (AvgIpc) is 3.00. The lowest BCUT2D eigenvalue weighted by Gasteiger charge is -2.22. The zero-order chi connectivity index (χ0) is 14.0. The number of esters is 1. The molecule has 1 saturated carbocycles. The molecule has 1 saturated heterocycles. The van der Waals surface area contributed by atoms with Gasteiger partial charge in [-0.3, -0.25) is 4.79 Å². The van der Waals surface area contributed by atoms with Gasteiger partial charge in [0.2, 0.25) is 0 Å². The smallest absolute Gasteiger partial charge is 0.306 e. The highest BCUT2D eigenvalue weighted by molar-refractivity contribution is 5.70. The first-order chi connectivity index (χ1) is 9.68. The molecule has 20 heavy (non-hydrogen) atoms. The van der Waals surface area contributed by atoms with Gasteiger partial charge in [0.15, 0.2) is 0 Å². The fraction of sp³-hybridized carbons (Fsp3) is 0.562. The zero-order valence-corrected chi connectivity index (χ0v) is 11.4. The average molecular weight is 278 g/mol. The Kier molecular flexibility index (Phi) is 3.74. The second kappa shape index (κ2) is 5.52. The van der Waals surface area contributed by atoms with Crippen LogP contribution in [0.5, 0.6) is 0 Å². The molecule has 0 aromatic heterocycles. The van der Waals surface area contributed by atoms with Crippen LogP contribution in [-0.2, 0) is 20.7 Å². The van der Waals surface area contributed by atoms with Crippen molar-refractivity contribution in [2.75, 3.05) is 13.2 Å². The van der Waals surface area contributed by atoms with E-state index in [1.54, 1.807) is 6.07 Å². The van der Waals surface area contributed by atoms with E-state index in [0.29, 0.717) is 25.4 Å². The Bertz CT molecular complexity index is 490. The molecule has 0 spiro atoms. The molecule has 1 atom stereocenters. The maximum Gasteiger partial charge on any atom is 0.306 e. The third kappa shape index (κ3) is 3.01. The lowest BCUT2D eigenvalue weighted by atomic mass is 9.99. The third-order valence-electron chi connectivity index (χ3n) is 4.24. The highest BCUT2D eigenvalue weighted by Crippen LogP contribution is 2.49. The Morgan fingerprint density at radius 1 is 1.45 bits per heavy atom. The predicted octanol–water partition coefficient (Wildman–Crippen LogP) is 2.87. The van der Waals surface area contributed by atoms with Crippen LogP contribution < -0.4 is 0 Å². The van der Waals surface area contributed by atoms with Gasteiger partial charge in [0.1, 0.15) is 11.4 Å². The van der Waals surface area contributed by atoms with E-state index in [0.717, 1.165) is 31.4 Å². The normalized spacial score (nSPS) is 23.6. The molecule has 1 aromatic carbocycles. The molecule has 1 aromatic rings. The van der Waals surface area contributed by atoms with Crippen LogP contribution in [-0.4, -0.2) is 24.8 Å². The molecule has 3 nitrogen and oxygen atoms in total. The van der Waals surface area contributed by atoms with Crippen LogP contribution in [0.25, 0.3) is 0 Å². The van der Waals surface area contributed by atoms with Crippen LogP contribution in [0, 0.1) is 11.7 Å². The maximum absolute atomic E-state index is 13.0. The molecule has 108 valence electrons. The molecule has 0 amide bonds. The number of ether oxygens (including phenoxy) is 2. The topological polar surface area (TPSA) is 35.5 Å². The summed E-state index contributed by atoms with van der Waals surface area (Å²) in [6.07, 6.45) is 3.71. The second-order valence-corrected chi connectivity index (χ2v) is 5.73. The molecule has 2 fully saturated rings. The van der Waals surface area contributed by atoms with Gasteiger partial charge >= 0.3 is 5.97 Å². The Labute approximate surface area is 118 Å². The number of halogens is 1. The molecule has 2 aliphatic rings. The fourth-order valence-corrected chi connectivity index (χ4v) is 2.88. The van der Waals surface area contributed by atoms with Crippen molar-refractivity contribution in [3.05, 3.63) is 35.6 Å². The number of rotatable bonds is 5. The summed E-state index contributed by atoms with van der Waals surface area (Å²) in [4.78, 5) is 12.0. The minimum absolute atomic E-state index is 0.182. The summed E-state index contributed by atoms with van der Waals surface area (Å²) >= 11 is 0. The molecule has 1 unspecified atom stereocenters. The van der Waals surface area contributed by atoms with E-state index in [2.05, 4.69) is 0 Å². The van der Waals surface area contributed by atoms with Gasteiger partial charge in [-0.1, -0.05) is 12.1 Å². The van der Waals surface area contributed by atoms with Crippen molar-refractivity contribution in [1.82, 2.24) is 0 Å².